The summed E-state index contributed by atoms with van der Waals surface area (Å²) in [5.74, 6) is -1.74. The second-order valence-electron chi connectivity index (χ2n) is 1.76. The van der Waals surface area contributed by atoms with Crippen LogP contribution in [0.1, 0.15) is 26.7 Å². The number of thiocarbonyl (C=S) groups is 1. The zero-order valence-electron chi connectivity index (χ0n) is 8.89. The van der Waals surface area contributed by atoms with Gasteiger partial charge in [-0.1, -0.05) is 26.5 Å². The van der Waals surface area contributed by atoms with Crippen molar-refractivity contribution in [3.05, 3.63) is 0 Å². The van der Waals surface area contributed by atoms with Gasteiger partial charge in [0, 0.05) is 12.4 Å². The van der Waals surface area contributed by atoms with E-state index < -0.39 is 11.9 Å². The van der Waals surface area contributed by atoms with E-state index in [1.807, 2.05) is 0 Å². The number of aliphatic carboxylic acids is 2. The average molecular weight is 264 g/mol. The van der Waals surface area contributed by atoms with Crippen LogP contribution >= 0.6 is 24.8 Å². The molecule has 0 aromatic carbocycles. The summed E-state index contributed by atoms with van der Waals surface area (Å²) in [6, 6.07) is 0. The summed E-state index contributed by atoms with van der Waals surface area (Å²) in [5, 5.41) is 24.6. The number of hydrogen-bond donors (Lipinski definition) is 3. The van der Waals surface area contributed by atoms with Crippen molar-refractivity contribution in [1.82, 2.24) is 0 Å². The molecule has 0 fully saturated rings. The fraction of sp³-hybridized carbons (Fsp3) is 0.571. The summed E-state index contributed by atoms with van der Waals surface area (Å²) in [6.45, 7) is 3.14. The maximum Gasteiger partial charge on any atom is 1.00 e. The number of carbonyl (C=O) groups excluding carboxylic acids is 1. The molecule has 0 aliphatic carbocycles. The Kier molecular flexibility index (Phi) is 32.1. The van der Waals surface area contributed by atoms with Gasteiger partial charge in [0.15, 0.2) is 0 Å². The number of rotatable bonds is 2. The number of thiol groups is 1. The van der Waals surface area contributed by atoms with Crippen LogP contribution in [0.3, 0.4) is 0 Å². The molecule has 0 atom stereocenters. The first-order valence-corrected chi connectivity index (χ1v) is 4.46. The average Bonchev–Trinajstić information content (AvgIpc) is 2.04. The maximum atomic E-state index is 9.37. The molecule has 0 aliphatic rings. The molecule has 0 saturated carbocycles. The van der Waals surface area contributed by atoms with E-state index in [2.05, 4.69) is 24.8 Å². The summed E-state index contributed by atoms with van der Waals surface area (Å²) in [7, 11) is 0. The number of carbonyl (C=O) groups is 2. The molecular formula is C7H13NaO5S2. The van der Waals surface area contributed by atoms with Crippen LogP contribution in [0.4, 0.5) is 0 Å². The monoisotopic (exact) mass is 264 g/mol. The molecule has 0 amide bonds. The third-order valence-corrected chi connectivity index (χ3v) is 0.591. The van der Waals surface area contributed by atoms with Crippen LogP contribution in [0.25, 0.3) is 0 Å². The smallest absolute Gasteiger partial charge is 0.550 e. The van der Waals surface area contributed by atoms with Crippen molar-refractivity contribution >= 4 is 41.2 Å². The largest absolute Gasteiger partial charge is 1.00 e. The summed E-state index contributed by atoms with van der Waals surface area (Å²) < 4.78 is -0.306. The number of aliphatic hydroxyl groups is 1. The molecule has 0 spiro atoms. The Morgan fingerprint density at radius 3 is 1.40 bits per heavy atom. The third-order valence-electron chi connectivity index (χ3n) is 0.591. The van der Waals surface area contributed by atoms with E-state index in [0.717, 1.165) is 0 Å². The molecule has 0 heterocycles. The predicted octanol–water partition coefficient (Wildman–Crippen LogP) is -2.61. The first kappa shape index (κ1) is 24.4. The number of carboxylic acids is 2. The molecule has 0 rings (SSSR count). The second kappa shape index (κ2) is 19.7. The van der Waals surface area contributed by atoms with Gasteiger partial charge in [0.05, 0.1) is 0 Å². The second-order valence-corrected chi connectivity index (χ2v) is 2.87. The van der Waals surface area contributed by atoms with Gasteiger partial charge >= 0.3 is 35.5 Å². The van der Waals surface area contributed by atoms with Gasteiger partial charge in [-0.3, -0.25) is 4.79 Å². The van der Waals surface area contributed by atoms with Crippen molar-refractivity contribution in [3.63, 3.8) is 0 Å². The Bertz CT molecular complexity index is 168. The van der Waals surface area contributed by atoms with E-state index in [0.29, 0.717) is 0 Å². The van der Waals surface area contributed by atoms with Crippen molar-refractivity contribution < 1.29 is 54.5 Å². The zero-order valence-corrected chi connectivity index (χ0v) is 12.6. The first-order chi connectivity index (χ1) is 6.27. The van der Waals surface area contributed by atoms with Gasteiger partial charge in [0.1, 0.15) is 0 Å². The van der Waals surface area contributed by atoms with Gasteiger partial charge in [0.2, 0.25) is 4.38 Å². The Morgan fingerprint density at radius 1 is 1.27 bits per heavy atom. The molecule has 0 aliphatic heterocycles. The van der Waals surface area contributed by atoms with Crippen molar-refractivity contribution in [2.75, 3.05) is 0 Å². The summed E-state index contributed by atoms with van der Waals surface area (Å²) in [4.78, 5) is 18.6. The molecular weight excluding hydrogens is 251 g/mol. The van der Waals surface area contributed by atoms with Gasteiger partial charge in [0.25, 0.3) is 0 Å². The van der Waals surface area contributed by atoms with Gasteiger partial charge in [-0.25, -0.2) is 0 Å². The molecule has 0 radical (unpaired) electrons. The fourth-order valence-electron chi connectivity index (χ4n) is 0. The Labute approximate surface area is 122 Å². The Balaban J connectivity index is -0.0000000590. The van der Waals surface area contributed by atoms with Gasteiger partial charge in [-0.05, 0) is 18.6 Å². The number of carboxylic acid groups (broad SMARTS) is 2. The zero-order chi connectivity index (χ0) is 12.1. The molecule has 0 aromatic heterocycles. The standard InChI is InChI=1S/2C3H6O2.CH2OS2.Na/c2*1-2-3(4)5;2-1(3)4;/h2*2H2,1H3,(H,4,5);(H2,2,3,4);/q;;;+1/p-1. The molecule has 0 saturated heterocycles. The van der Waals surface area contributed by atoms with Crippen molar-refractivity contribution in [1.29, 1.82) is 0 Å². The molecule has 15 heavy (non-hydrogen) atoms. The van der Waals surface area contributed by atoms with E-state index in [1.54, 1.807) is 6.92 Å². The first-order valence-electron chi connectivity index (χ1n) is 3.61. The molecule has 8 heteroatoms. The summed E-state index contributed by atoms with van der Waals surface area (Å²) in [5.41, 5.74) is 0. The maximum absolute atomic E-state index is 9.37. The minimum absolute atomic E-state index is 0. The van der Waals surface area contributed by atoms with E-state index >= 15 is 0 Å². The molecule has 0 bridgehead atoms. The molecule has 2 N–H and O–H groups in total. The van der Waals surface area contributed by atoms with Crippen LogP contribution in [0, 0.1) is 0 Å². The normalized spacial score (nSPS) is 6.60. The van der Waals surface area contributed by atoms with Crippen LogP contribution in [0.15, 0.2) is 0 Å². The van der Waals surface area contributed by atoms with E-state index in [1.165, 1.54) is 6.92 Å². The quantitative estimate of drug-likeness (QED) is 0.287. The van der Waals surface area contributed by atoms with Gasteiger partial charge < -0.3 is 20.1 Å². The number of hydrogen-bond acceptors (Lipinski definition) is 4. The Morgan fingerprint density at radius 2 is 1.40 bits per heavy atom. The molecule has 5 nitrogen and oxygen atoms in total. The van der Waals surface area contributed by atoms with E-state index in [9.17, 15) is 14.7 Å². The summed E-state index contributed by atoms with van der Waals surface area (Å²) >= 11 is 7.21. The van der Waals surface area contributed by atoms with Crippen LogP contribution in [-0.4, -0.2) is 26.5 Å². The van der Waals surface area contributed by atoms with E-state index in [-0.39, 0.29) is 46.8 Å². The molecule has 0 unspecified atom stereocenters. The fourth-order valence-corrected chi connectivity index (χ4v) is 0. The van der Waals surface area contributed by atoms with E-state index in [4.69, 9.17) is 10.2 Å². The summed E-state index contributed by atoms with van der Waals surface area (Å²) in [6.07, 6.45) is 0.333. The minimum atomic E-state index is -0.995. The van der Waals surface area contributed by atoms with Crippen LogP contribution < -0.4 is 34.7 Å². The van der Waals surface area contributed by atoms with Crippen LogP contribution in [0.5, 0.6) is 0 Å². The SMILES string of the molecule is CCC(=O)O.CCC(=O)[O-].OC(=S)S.[Na+]. The van der Waals surface area contributed by atoms with Crippen LogP contribution in [-0.2, 0) is 9.59 Å². The Hall–Kier alpha value is 0.180. The van der Waals surface area contributed by atoms with Crippen molar-refractivity contribution in [2.45, 2.75) is 26.7 Å². The topological polar surface area (TPSA) is 97.7 Å². The molecule has 84 valence electrons. The van der Waals surface area contributed by atoms with Crippen LogP contribution in [0.2, 0.25) is 0 Å². The van der Waals surface area contributed by atoms with Crippen molar-refractivity contribution in [3.8, 4) is 0 Å². The van der Waals surface area contributed by atoms with Crippen molar-refractivity contribution in [2.24, 2.45) is 0 Å². The van der Waals surface area contributed by atoms with Gasteiger partial charge in [-0.15, -0.1) is 0 Å². The third kappa shape index (κ3) is 120. The minimum Gasteiger partial charge on any atom is -0.550 e. The van der Waals surface area contributed by atoms with Gasteiger partial charge in [-0.2, -0.15) is 0 Å². The predicted molar refractivity (Wildman–Crippen MR) is 57.4 cm³/mol. The number of aliphatic hydroxyl groups excluding tert-OH is 1. The molecule has 0 aromatic rings.